The molecule has 0 bridgehead atoms. The topological polar surface area (TPSA) is 58.7 Å². The summed E-state index contributed by atoms with van der Waals surface area (Å²) in [5.74, 6) is -0.106. The first-order chi connectivity index (χ1) is 9.20. The lowest BCUT2D eigenvalue weighted by molar-refractivity contribution is -0.718. The van der Waals surface area contributed by atoms with E-state index in [-0.39, 0.29) is 18.1 Å². The minimum Gasteiger partial charge on any atom is -0.462 e. The Labute approximate surface area is 112 Å². The number of aromatic amines is 1. The highest BCUT2D eigenvalue weighted by Crippen LogP contribution is 2.28. The fraction of sp³-hybridized carbons (Fsp3) is 0.400. The van der Waals surface area contributed by atoms with Crippen molar-refractivity contribution in [2.45, 2.75) is 32.4 Å². The fourth-order valence-corrected chi connectivity index (χ4v) is 2.97. The van der Waals surface area contributed by atoms with Crippen molar-refractivity contribution in [3.05, 3.63) is 35.5 Å². The molecule has 0 radical (unpaired) electrons. The standard InChI is InChI=1S/C15H18N2O2/c1-3-19-15(18)13-8-11-10-6-4-5-7-12(10)17-14(11)9(2)16-13/h4-7,9,13,16-17H,3,8H2,1-2H3/p+1/t9-,13-/m0/s1. The van der Waals surface area contributed by atoms with E-state index >= 15 is 0 Å². The van der Waals surface area contributed by atoms with Gasteiger partial charge in [0.15, 0.2) is 6.04 Å². The van der Waals surface area contributed by atoms with Crippen molar-refractivity contribution in [1.82, 2.24) is 4.98 Å². The van der Waals surface area contributed by atoms with Crippen molar-refractivity contribution < 1.29 is 14.8 Å². The molecule has 4 heteroatoms. The van der Waals surface area contributed by atoms with E-state index in [1.54, 1.807) is 0 Å². The number of quaternary nitrogens is 1. The number of H-pyrrole nitrogens is 1. The molecule has 0 saturated carbocycles. The minimum atomic E-state index is -0.123. The highest BCUT2D eigenvalue weighted by atomic mass is 16.5. The summed E-state index contributed by atoms with van der Waals surface area (Å²) in [4.78, 5) is 15.4. The number of nitrogens with one attached hydrogen (secondary N) is 1. The van der Waals surface area contributed by atoms with Crippen LogP contribution in [-0.4, -0.2) is 23.6 Å². The van der Waals surface area contributed by atoms with Gasteiger partial charge in [0.25, 0.3) is 0 Å². The maximum absolute atomic E-state index is 11.9. The van der Waals surface area contributed by atoms with E-state index in [1.165, 1.54) is 16.6 Å². The molecule has 0 amide bonds. The Balaban J connectivity index is 2.00. The minimum absolute atomic E-state index is 0.106. The molecule has 0 spiro atoms. The molecule has 2 atom stereocenters. The number of ether oxygens (including phenoxy) is 1. The first-order valence-electron chi connectivity index (χ1n) is 6.81. The van der Waals surface area contributed by atoms with Crippen LogP contribution in [0.5, 0.6) is 0 Å². The number of carbonyl (C=O) groups is 1. The average molecular weight is 259 g/mol. The van der Waals surface area contributed by atoms with Gasteiger partial charge in [0.2, 0.25) is 0 Å². The zero-order valence-corrected chi connectivity index (χ0v) is 11.3. The van der Waals surface area contributed by atoms with Gasteiger partial charge >= 0.3 is 5.97 Å². The number of rotatable bonds is 2. The number of carbonyl (C=O) groups excluding carboxylic acids is 1. The van der Waals surface area contributed by atoms with Gasteiger partial charge in [-0.1, -0.05) is 18.2 Å². The molecule has 1 aliphatic rings. The second-order valence-electron chi connectivity index (χ2n) is 5.11. The molecule has 0 unspecified atom stereocenters. The number of hydrogen-bond acceptors (Lipinski definition) is 2. The van der Waals surface area contributed by atoms with Crippen LogP contribution in [-0.2, 0) is 16.0 Å². The van der Waals surface area contributed by atoms with Crippen molar-refractivity contribution in [2.75, 3.05) is 6.61 Å². The van der Waals surface area contributed by atoms with Gasteiger partial charge < -0.3 is 15.0 Å². The molecule has 4 nitrogen and oxygen atoms in total. The monoisotopic (exact) mass is 259 g/mol. The fourth-order valence-electron chi connectivity index (χ4n) is 2.97. The van der Waals surface area contributed by atoms with Crippen LogP contribution in [0.25, 0.3) is 10.9 Å². The second kappa shape index (κ2) is 4.70. The summed E-state index contributed by atoms with van der Waals surface area (Å²) in [6.45, 7) is 4.42. The second-order valence-corrected chi connectivity index (χ2v) is 5.11. The lowest BCUT2D eigenvalue weighted by Gasteiger charge is -2.24. The van der Waals surface area contributed by atoms with E-state index in [0.717, 1.165) is 11.9 Å². The maximum Gasteiger partial charge on any atom is 0.365 e. The maximum atomic E-state index is 11.9. The van der Waals surface area contributed by atoms with Crippen molar-refractivity contribution in [2.24, 2.45) is 0 Å². The Hall–Kier alpha value is -1.81. The van der Waals surface area contributed by atoms with Crippen LogP contribution < -0.4 is 5.32 Å². The number of nitrogens with two attached hydrogens (primary N) is 1. The molecule has 3 rings (SSSR count). The highest BCUT2D eigenvalue weighted by Gasteiger charge is 2.35. The smallest absolute Gasteiger partial charge is 0.365 e. The van der Waals surface area contributed by atoms with E-state index in [4.69, 9.17) is 4.74 Å². The van der Waals surface area contributed by atoms with E-state index in [1.807, 2.05) is 19.1 Å². The summed E-state index contributed by atoms with van der Waals surface area (Å²) in [6, 6.07) is 8.40. The SMILES string of the molecule is CCOC(=O)[C@@H]1Cc2c([nH]c3ccccc23)[C@H](C)[NH2+]1. The Kier molecular flexibility index (Phi) is 3.03. The Morgan fingerprint density at radius 3 is 3.05 bits per heavy atom. The molecular weight excluding hydrogens is 240 g/mol. The zero-order chi connectivity index (χ0) is 13.4. The molecule has 19 heavy (non-hydrogen) atoms. The third kappa shape index (κ3) is 2.02. The van der Waals surface area contributed by atoms with Gasteiger partial charge in [-0.2, -0.15) is 0 Å². The van der Waals surface area contributed by atoms with Gasteiger partial charge in [-0.25, -0.2) is 4.79 Å². The van der Waals surface area contributed by atoms with Gasteiger partial charge in [0.1, 0.15) is 6.04 Å². The lowest BCUT2D eigenvalue weighted by Crippen LogP contribution is -2.94. The molecule has 100 valence electrons. The molecule has 3 N–H and O–H groups in total. The van der Waals surface area contributed by atoms with Gasteiger partial charge in [0, 0.05) is 17.3 Å². The molecule has 2 heterocycles. The molecule has 0 fully saturated rings. The van der Waals surface area contributed by atoms with Crippen molar-refractivity contribution in [1.29, 1.82) is 0 Å². The summed E-state index contributed by atoms with van der Waals surface area (Å²) < 4.78 is 5.15. The van der Waals surface area contributed by atoms with E-state index in [0.29, 0.717) is 6.61 Å². The number of para-hydroxylation sites is 1. The molecule has 0 saturated heterocycles. The molecule has 1 aromatic heterocycles. The van der Waals surface area contributed by atoms with E-state index < -0.39 is 0 Å². The average Bonchev–Trinajstić information content (AvgIpc) is 2.78. The van der Waals surface area contributed by atoms with Gasteiger partial charge in [-0.05, 0) is 25.5 Å². The summed E-state index contributed by atoms with van der Waals surface area (Å²) in [5.41, 5.74) is 3.66. The van der Waals surface area contributed by atoms with Crippen molar-refractivity contribution in [3.63, 3.8) is 0 Å². The van der Waals surface area contributed by atoms with Crippen LogP contribution in [0.15, 0.2) is 24.3 Å². The zero-order valence-electron chi connectivity index (χ0n) is 11.3. The number of fused-ring (bicyclic) bond motifs is 3. The molecular formula is C15H19N2O2+. The lowest BCUT2D eigenvalue weighted by atomic mass is 9.95. The third-order valence-corrected chi connectivity index (χ3v) is 3.84. The Bertz CT molecular complexity index is 618. The Morgan fingerprint density at radius 2 is 2.26 bits per heavy atom. The van der Waals surface area contributed by atoms with E-state index in [2.05, 4.69) is 29.4 Å². The van der Waals surface area contributed by atoms with Gasteiger partial charge in [-0.3, -0.25) is 0 Å². The molecule has 1 aromatic carbocycles. The quantitative estimate of drug-likeness (QED) is 0.798. The molecule has 2 aromatic rings. The van der Waals surface area contributed by atoms with Crippen LogP contribution >= 0.6 is 0 Å². The number of esters is 1. The first kappa shape index (κ1) is 12.2. The van der Waals surface area contributed by atoms with Gasteiger partial charge in [-0.15, -0.1) is 0 Å². The van der Waals surface area contributed by atoms with Gasteiger partial charge in [0.05, 0.1) is 12.3 Å². The normalized spacial score (nSPS) is 22.2. The summed E-state index contributed by atoms with van der Waals surface area (Å²) in [6.07, 6.45) is 0.739. The van der Waals surface area contributed by atoms with Crippen LogP contribution in [0.4, 0.5) is 0 Å². The third-order valence-electron chi connectivity index (χ3n) is 3.84. The van der Waals surface area contributed by atoms with Crippen LogP contribution in [0.2, 0.25) is 0 Å². The number of aromatic nitrogens is 1. The summed E-state index contributed by atoms with van der Waals surface area (Å²) in [5, 5.41) is 3.32. The van der Waals surface area contributed by atoms with Crippen molar-refractivity contribution in [3.8, 4) is 0 Å². The molecule has 1 aliphatic heterocycles. The largest absolute Gasteiger partial charge is 0.462 e. The number of hydrogen-bond donors (Lipinski definition) is 2. The van der Waals surface area contributed by atoms with Crippen LogP contribution in [0.3, 0.4) is 0 Å². The predicted molar refractivity (Wildman–Crippen MR) is 72.8 cm³/mol. The number of benzene rings is 1. The summed E-state index contributed by atoms with van der Waals surface area (Å²) >= 11 is 0. The summed E-state index contributed by atoms with van der Waals surface area (Å²) in [7, 11) is 0. The van der Waals surface area contributed by atoms with Crippen molar-refractivity contribution >= 4 is 16.9 Å². The van der Waals surface area contributed by atoms with E-state index in [9.17, 15) is 4.79 Å². The Morgan fingerprint density at radius 1 is 1.47 bits per heavy atom. The van der Waals surface area contributed by atoms with Crippen LogP contribution in [0.1, 0.15) is 31.1 Å². The molecule has 0 aliphatic carbocycles. The highest BCUT2D eigenvalue weighted by molar-refractivity contribution is 5.86. The first-order valence-corrected chi connectivity index (χ1v) is 6.81. The predicted octanol–water partition coefficient (Wildman–Crippen LogP) is 1.28. The van der Waals surface area contributed by atoms with Crippen LogP contribution in [0, 0.1) is 0 Å².